The number of hydrogen-bond acceptors (Lipinski definition) is 2. The molecule has 0 aliphatic heterocycles. The summed E-state index contributed by atoms with van der Waals surface area (Å²) in [6.07, 6.45) is -2.92. The maximum atomic E-state index is 11.9. The molecular weight excluding hydrogens is 213 g/mol. The standard InChI is InChI=1S/C9H13F3O3/c10-9(11,12)5-15-7-4-2-1-3-6(7)8(13)14/h6-7H,1-5H2,(H,13,14). The zero-order valence-corrected chi connectivity index (χ0v) is 8.09. The van der Waals surface area contributed by atoms with Crippen molar-refractivity contribution in [3.8, 4) is 0 Å². The first-order chi connectivity index (χ1) is 6.90. The van der Waals surface area contributed by atoms with Gasteiger partial charge in [0, 0.05) is 0 Å². The average Bonchev–Trinajstić information content (AvgIpc) is 2.14. The zero-order chi connectivity index (χ0) is 11.5. The SMILES string of the molecule is O=C(O)C1CCCCC1OCC(F)(F)F. The van der Waals surface area contributed by atoms with Crippen molar-refractivity contribution < 1.29 is 27.8 Å². The van der Waals surface area contributed by atoms with E-state index in [9.17, 15) is 18.0 Å². The summed E-state index contributed by atoms with van der Waals surface area (Å²) >= 11 is 0. The molecule has 1 N–H and O–H groups in total. The largest absolute Gasteiger partial charge is 0.481 e. The summed E-state index contributed by atoms with van der Waals surface area (Å²) in [7, 11) is 0. The molecule has 2 atom stereocenters. The normalized spacial score (nSPS) is 27.7. The molecule has 0 aromatic rings. The van der Waals surface area contributed by atoms with Gasteiger partial charge in [-0.2, -0.15) is 13.2 Å². The number of ether oxygens (including phenoxy) is 1. The third-order valence-corrected chi connectivity index (χ3v) is 2.48. The minimum Gasteiger partial charge on any atom is -0.481 e. The summed E-state index contributed by atoms with van der Waals surface area (Å²) in [5.41, 5.74) is 0. The van der Waals surface area contributed by atoms with Gasteiger partial charge in [-0.25, -0.2) is 0 Å². The molecule has 1 aliphatic carbocycles. The van der Waals surface area contributed by atoms with Gasteiger partial charge in [0.15, 0.2) is 0 Å². The lowest BCUT2D eigenvalue weighted by atomic mass is 9.86. The highest BCUT2D eigenvalue weighted by Gasteiger charge is 2.35. The molecule has 0 aromatic heterocycles. The zero-order valence-electron chi connectivity index (χ0n) is 8.09. The number of halogens is 3. The van der Waals surface area contributed by atoms with Crippen molar-refractivity contribution in [1.82, 2.24) is 0 Å². The number of rotatable bonds is 3. The van der Waals surface area contributed by atoms with Crippen LogP contribution in [0, 0.1) is 5.92 Å². The molecule has 15 heavy (non-hydrogen) atoms. The third-order valence-electron chi connectivity index (χ3n) is 2.48. The lowest BCUT2D eigenvalue weighted by Crippen LogP contribution is -2.36. The van der Waals surface area contributed by atoms with Gasteiger partial charge in [-0.3, -0.25) is 4.79 Å². The van der Waals surface area contributed by atoms with Crippen molar-refractivity contribution in [2.75, 3.05) is 6.61 Å². The van der Waals surface area contributed by atoms with Crippen molar-refractivity contribution in [1.29, 1.82) is 0 Å². The lowest BCUT2D eigenvalue weighted by Gasteiger charge is -2.28. The molecule has 1 rings (SSSR count). The number of carbonyl (C=O) groups is 1. The van der Waals surface area contributed by atoms with Gasteiger partial charge in [-0.1, -0.05) is 12.8 Å². The van der Waals surface area contributed by atoms with Crippen molar-refractivity contribution in [2.45, 2.75) is 38.0 Å². The number of carboxylic acids is 1. The molecule has 0 bridgehead atoms. The highest BCUT2D eigenvalue weighted by atomic mass is 19.4. The fraction of sp³-hybridized carbons (Fsp3) is 0.889. The van der Waals surface area contributed by atoms with Crippen LogP contribution in [0.1, 0.15) is 25.7 Å². The van der Waals surface area contributed by atoms with E-state index < -0.39 is 30.8 Å². The number of hydrogen-bond donors (Lipinski definition) is 1. The molecule has 1 aliphatic rings. The van der Waals surface area contributed by atoms with Crippen LogP contribution in [0.5, 0.6) is 0 Å². The fourth-order valence-electron chi connectivity index (χ4n) is 1.78. The minimum atomic E-state index is -4.39. The van der Waals surface area contributed by atoms with Crippen molar-refractivity contribution in [3.05, 3.63) is 0 Å². The van der Waals surface area contributed by atoms with Gasteiger partial charge < -0.3 is 9.84 Å². The van der Waals surface area contributed by atoms with Gasteiger partial charge in [0.25, 0.3) is 0 Å². The summed E-state index contributed by atoms with van der Waals surface area (Å²) in [6.45, 7) is -1.36. The van der Waals surface area contributed by atoms with Gasteiger partial charge in [0.05, 0.1) is 12.0 Å². The Kier molecular flexibility index (Phi) is 3.96. The highest BCUT2D eigenvalue weighted by molar-refractivity contribution is 5.70. The summed E-state index contributed by atoms with van der Waals surface area (Å²) < 4.78 is 40.2. The number of aliphatic carboxylic acids is 1. The summed E-state index contributed by atoms with van der Waals surface area (Å²) in [5.74, 6) is -1.86. The van der Waals surface area contributed by atoms with E-state index in [1.165, 1.54) is 0 Å². The Morgan fingerprint density at radius 3 is 2.47 bits per heavy atom. The first kappa shape index (κ1) is 12.3. The molecule has 1 fully saturated rings. The Hall–Kier alpha value is -0.780. The fourth-order valence-corrected chi connectivity index (χ4v) is 1.78. The molecule has 0 amide bonds. The summed E-state index contributed by atoms with van der Waals surface area (Å²) in [4.78, 5) is 10.7. The van der Waals surface area contributed by atoms with Crippen LogP contribution in [0.2, 0.25) is 0 Å². The summed E-state index contributed by atoms with van der Waals surface area (Å²) in [6, 6.07) is 0. The van der Waals surface area contributed by atoms with Crippen LogP contribution in [0.25, 0.3) is 0 Å². The van der Waals surface area contributed by atoms with Crippen molar-refractivity contribution in [2.24, 2.45) is 5.92 Å². The Balaban J connectivity index is 2.46. The lowest BCUT2D eigenvalue weighted by molar-refractivity contribution is -0.197. The van der Waals surface area contributed by atoms with E-state index in [0.717, 1.165) is 12.8 Å². The molecule has 3 nitrogen and oxygen atoms in total. The van der Waals surface area contributed by atoms with E-state index in [4.69, 9.17) is 5.11 Å². The van der Waals surface area contributed by atoms with E-state index in [1.54, 1.807) is 0 Å². The predicted molar refractivity (Wildman–Crippen MR) is 45.4 cm³/mol. The topological polar surface area (TPSA) is 46.5 Å². The number of alkyl halides is 3. The second kappa shape index (κ2) is 4.83. The molecule has 88 valence electrons. The Bertz CT molecular complexity index is 227. The first-order valence-corrected chi connectivity index (χ1v) is 4.81. The van der Waals surface area contributed by atoms with Crippen LogP contribution in [-0.2, 0) is 9.53 Å². The maximum Gasteiger partial charge on any atom is 0.411 e. The molecule has 2 unspecified atom stereocenters. The molecule has 0 aromatic carbocycles. The first-order valence-electron chi connectivity index (χ1n) is 4.81. The van der Waals surface area contributed by atoms with Crippen LogP contribution in [-0.4, -0.2) is 30.0 Å². The molecule has 0 spiro atoms. The van der Waals surface area contributed by atoms with Gasteiger partial charge >= 0.3 is 12.1 Å². The quantitative estimate of drug-likeness (QED) is 0.802. The Morgan fingerprint density at radius 1 is 1.33 bits per heavy atom. The third kappa shape index (κ3) is 4.07. The van der Waals surface area contributed by atoms with Gasteiger partial charge in [0.2, 0.25) is 0 Å². The molecule has 0 heterocycles. The van der Waals surface area contributed by atoms with E-state index in [0.29, 0.717) is 12.8 Å². The Morgan fingerprint density at radius 2 is 1.93 bits per heavy atom. The van der Waals surface area contributed by atoms with Gasteiger partial charge in [-0.15, -0.1) is 0 Å². The van der Waals surface area contributed by atoms with Crippen LogP contribution in [0.15, 0.2) is 0 Å². The number of carboxylic acid groups (broad SMARTS) is 1. The molecule has 6 heteroatoms. The molecular formula is C9H13F3O3. The Labute approximate surface area is 85.2 Å². The molecule has 0 radical (unpaired) electrons. The van der Waals surface area contributed by atoms with E-state index in [-0.39, 0.29) is 0 Å². The van der Waals surface area contributed by atoms with Crippen LogP contribution < -0.4 is 0 Å². The van der Waals surface area contributed by atoms with Crippen molar-refractivity contribution in [3.63, 3.8) is 0 Å². The second-order valence-corrected chi connectivity index (χ2v) is 3.69. The van der Waals surface area contributed by atoms with E-state index in [1.807, 2.05) is 0 Å². The van der Waals surface area contributed by atoms with Crippen LogP contribution in [0.3, 0.4) is 0 Å². The smallest absolute Gasteiger partial charge is 0.411 e. The molecule has 0 saturated heterocycles. The van der Waals surface area contributed by atoms with Gasteiger partial charge in [0.1, 0.15) is 6.61 Å². The minimum absolute atomic E-state index is 0.396. The predicted octanol–water partition coefficient (Wildman–Crippen LogP) is 2.21. The van der Waals surface area contributed by atoms with Crippen LogP contribution >= 0.6 is 0 Å². The monoisotopic (exact) mass is 226 g/mol. The summed E-state index contributed by atoms with van der Waals surface area (Å²) in [5, 5.41) is 8.78. The van der Waals surface area contributed by atoms with Crippen molar-refractivity contribution >= 4 is 5.97 Å². The van der Waals surface area contributed by atoms with Crippen LogP contribution in [0.4, 0.5) is 13.2 Å². The maximum absolute atomic E-state index is 11.9. The molecule has 1 saturated carbocycles. The van der Waals surface area contributed by atoms with E-state index >= 15 is 0 Å². The van der Waals surface area contributed by atoms with E-state index in [2.05, 4.69) is 4.74 Å². The second-order valence-electron chi connectivity index (χ2n) is 3.69. The highest BCUT2D eigenvalue weighted by Crippen LogP contribution is 2.28. The average molecular weight is 226 g/mol. The van der Waals surface area contributed by atoms with Gasteiger partial charge in [-0.05, 0) is 12.8 Å².